The highest BCUT2D eigenvalue weighted by Gasteiger charge is 2.25. The molecule has 0 radical (unpaired) electrons. The molecular formula is C17H24N4O3. The number of rotatable bonds is 4. The highest BCUT2D eigenvalue weighted by molar-refractivity contribution is 5.80. The number of hydrogen-bond acceptors (Lipinski definition) is 4. The second-order valence-corrected chi connectivity index (χ2v) is 7.00. The summed E-state index contributed by atoms with van der Waals surface area (Å²) in [5.41, 5.74) is 0.496. The molecule has 7 nitrogen and oxygen atoms in total. The van der Waals surface area contributed by atoms with Crippen molar-refractivity contribution < 1.29 is 9.90 Å². The number of aliphatic hydroxyl groups is 1. The van der Waals surface area contributed by atoms with Crippen LogP contribution in [0.15, 0.2) is 29.1 Å². The number of aromatic amines is 1. The van der Waals surface area contributed by atoms with Crippen LogP contribution in [0.25, 0.3) is 11.0 Å². The van der Waals surface area contributed by atoms with Crippen molar-refractivity contribution in [1.82, 2.24) is 19.4 Å². The fraction of sp³-hybridized carbons (Fsp3) is 0.529. The van der Waals surface area contributed by atoms with Crippen LogP contribution in [0.2, 0.25) is 0 Å². The number of fused-ring (bicyclic) bond motifs is 1. The molecule has 1 aliphatic heterocycles. The molecule has 3 rings (SSSR count). The Labute approximate surface area is 140 Å². The lowest BCUT2D eigenvalue weighted by Crippen LogP contribution is -2.52. The van der Waals surface area contributed by atoms with Crippen molar-refractivity contribution in [3.63, 3.8) is 0 Å². The van der Waals surface area contributed by atoms with E-state index in [2.05, 4.69) is 9.88 Å². The molecule has 0 spiro atoms. The van der Waals surface area contributed by atoms with Gasteiger partial charge in [-0.1, -0.05) is 12.1 Å². The number of carbonyl (C=O) groups is 1. The molecule has 1 saturated heterocycles. The highest BCUT2D eigenvalue weighted by Crippen LogP contribution is 2.11. The van der Waals surface area contributed by atoms with Gasteiger partial charge in [-0.3, -0.25) is 14.3 Å². The van der Waals surface area contributed by atoms with E-state index in [0.717, 1.165) is 24.1 Å². The van der Waals surface area contributed by atoms with Crippen LogP contribution in [-0.2, 0) is 11.3 Å². The molecule has 0 saturated carbocycles. The van der Waals surface area contributed by atoms with Crippen LogP contribution < -0.4 is 5.69 Å². The molecular weight excluding hydrogens is 308 g/mol. The largest absolute Gasteiger partial charge is 0.389 e. The number of piperazine rings is 1. The van der Waals surface area contributed by atoms with Gasteiger partial charge in [-0.25, -0.2) is 4.79 Å². The van der Waals surface area contributed by atoms with Crippen molar-refractivity contribution in [3.8, 4) is 0 Å². The summed E-state index contributed by atoms with van der Waals surface area (Å²) in [4.78, 5) is 31.3. The Morgan fingerprint density at radius 3 is 2.54 bits per heavy atom. The van der Waals surface area contributed by atoms with E-state index in [1.807, 2.05) is 24.3 Å². The summed E-state index contributed by atoms with van der Waals surface area (Å²) in [7, 11) is 0. The van der Waals surface area contributed by atoms with Crippen molar-refractivity contribution in [1.29, 1.82) is 0 Å². The average molecular weight is 332 g/mol. The van der Waals surface area contributed by atoms with E-state index in [1.165, 1.54) is 4.57 Å². The molecule has 24 heavy (non-hydrogen) atoms. The third-order valence-electron chi connectivity index (χ3n) is 4.31. The van der Waals surface area contributed by atoms with Crippen LogP contribution in [-0.4, -0.2) is 68.7 Å². The first-order valence-electron chi connectivity index (χ1n) is 8.23. The molecule has 2 heterocycles. The van der Waals surface area contributed by atoms with Crippen LogP contribution in [0.1, 0.15) is 13.8 Å². The van der Waals surface area contributed by atoms with Gasteiger partial charge >= 0.3 is 5.69 Å². The number of imidazole rings is 1. The normalized spacial score (nSPS) is 16.7. The number of hydrogen-bond donors (Lipinski definition) is 2. The zero-order valence-electron chi connectivity index (χ0n) is 14.2. The van der Waals surface area contributed by atoms with Crippen molar-refractivity contribution in [3.05, 3.63) is 34.7 Å². The molecule has 1 aromatic carbocycles. The third-order valence-corrected chi connectivity index (χ3v) is 4.31. The monoisotopic (exact) mass is 332 g/mol. The van der Waals surface area contributed by atoms with E-state index >= 15 is 0 Å². The van der Waals surface area contributed by atoms with E-state index < -0.39 is 5.60 Å². The molecule has 0 unspecified atom stereocenters. The number of carbonyl (C=O) groups excluding carboxylic acids is 1. The van der Waals surface area contributed by atoms with Gasteiger partial charge in [0, 0.05) is 32.7 Å². The molecule has 1 aliphatic rings. The van der Waals surface area contributed by atoms with Crippen LogP contribution in [0.3, 0.4) is 0 Å². The number of β-amino-alcohol motifs (C(OH)–C–C–N with tert-alkyl or cyclic N) is 1. The molecule has 130 valence electrons. The SMILES string of the molecule is CC(C)(O)CN1CCN(C(=O)Cn2c(=O)[nH]c3ccccc32)CC1. The predicted molar refractivity (Wildman–Crippen MR) is 91.9 cm³/mol. The van der Waals surface area contributed by atoms with E-state index in [4.69, 9.17) is 0 Å². The van der Waals surface area contributed by atoms with Crippen molar-refractivity contribution >= 4 is 16.9 Å². The molecule has 0 bridgehead atoms. The molecule has 1 aromatic heterocycles. The van der Waals surface area contributed by atoms with Crippen LogP contribution in [0, 0.1) is 0 Å². The van der Waals surface area contributed by atoms with Gasteiger partial charge in [0.15, 0.2) is 0 Å². The first-order valence-corrected chi connectivity index (χ1v) is 8.23. The fourth-order valence-electron chi connectivity index (χ4n) is 3.20. The molecule has 7 heteroatoms. The second kappa shape index (κ2) is 6.41. The van der Waals surface area contributed by atoms with Gasteiger partial charge in [0.2, 0.25) is 5.91 Å². The topological polar surface area (TPSA) is 81.6 Å². The van der Waals surface area contributed by atoms with Crippen LogP contribution in [0.5, 0.6) is 0 Å². The molecule has 1 fully saturated rings. The van der Waals surface area contributed by atoms with E-state index in [0.29, 0.717) is 19.6 Å². The number of H-pyrrole nitrogens is 1. The van der Waals surface area contributed by atoms with Gasteiger partial charge in [-0.2, -0.15) is 0 Å². The quantitative estimate of drug-likeness (QED) is 0.841. The summed E-state index contributed by atoms with van der Waals surface area (Å²) in [5, 5.41) is 9.88. The van der Waals surface area contributed by atoms with Gasteiger partial charge in [-0.15, -0.1) is 0 Å². The minimum absolute atomic E-state index is 0.0499. The lowest BCUT2D eigenvalue weighted by molar-refractivity contribution is -0.133. The average Bonchev–Trinajstić information content (AvgIpc) is 2.82. The Bertz CT molecular complexity index is 779. The van der Waals surface area contributed by atoms with Gasteiger partial charge in [0.25, 0.3) is 0 Å². The Hall–Kier alpha value is -2.12. The number of nitrogens with one attached hydrogen (secondary N) is 1. The number of nitrogens with zero attached hydrogens (tertiary/aromatic N) is 3. The number of benzene rings is 1. The Morgan fingerprint density at radius 1 is 1.21 bits per heavy atom. The zero-order chi connectivity index (χ0) is 17.3. The maximum absolute atomic E-state index is 12.5. The Kier molecular flexibility index (Phi) is 4.47. The highest BCUT2D eigenvalue weighted by atomic mass is 16.3. The third kappa shape index (κ3) is 3.68. The summed E-state index contributed by atoms with van der Waals surface area (Å²) in [6.45, 7) is 6.92. The number of amides is 1. The van der Waals surface area contributed by atoms with Gasteiger partial charge in [0.05, 0.1) is 16.6 Å². The minimum atomic E-state index is -0.733. The summed E-state index contributed by atoms with van der Waals surface area (Å²) < 4.78 is 1.49. The maximum atomic E-state index is 12.5. The predicted octanol–water partition coefficient (Wildman–Crippen LogP) is 0.245. The lowest BCUT2D eigenvalue weighted by atomic mass is 10.1. The minimum Gasteiger partial charge on any atom is -0.389 e. The van der Waals surface area contributed by atoms with E-state index in [-0.39, 0.29) is 18.1 Å². The lowest BCUT2D eigenvalue weighted by Gasteiger charge is -2.37. The molecule has 2 N–H and O–H groups in total. The molecule has 2 aromatic rings. The van der Waals surface area contributed by atoms with Crippen molar-refractivity contribution in [2.75, 3.05) is 32.7 Å². The molecule has 0 aliphatic carbocycles. The molecule has 1 amide bonds. The molecule has 0 atom stereocenters. The summed E-state index contributed by atoms with van der Waals surface area (Å²) in [5.74, 6) is -0.0511. The Morgan fingerprint density at radius 2 is 1.88 bits per heavy atom. The number of aromatic nitrogens is 2. The van der Waals surface area contributed by atoms with Gasteiger partial charge in [0.1, 0.15) is 6.54 Å². The van der Waals surface area contributed by atoms with E-state index in [1.54, 1.807) is 18.7 Å². The summed E-state index contributed by atoms with van der Waals surface area (Å²) in [6.07, 6.45) is 0. The number of para-hydroxylation sites is 2. The summed E-state index contributed by atoms with van der Waals surface area (Å²) >= 11 is 0. The standard InChI is InChI=1S/C17H24N4O3/c1-17(2,24)12-19-7-9-20(10-8-19)15(22)11-21-14-6-4-3-5-13(14)18-16(21)23/h3-6,24H,7-12H2,1-2H3,(H,18,23). The second-order valence-electron chi connectivity index (χ2n) is 7.00. The maximum Gasteiger partial charge on any atom is 0.326 e. The van der Waals surface area contributed by atoms with Gasteiger partial charge < -0.3 is 15.0 Å². The fourth-order valence-corrected chi connectivity index (χ4v) is 3.20. The van der Waals surface area contributed by atoms with Crippen molar-refractivity contribution in [2.24, 2.45) is 0 Å². The van der Waals surface area contributed by atoms with Gasteiger partial charge in [-0.05, 0) is 26.0 Å². The van der Waals surface area contributed by atoms with E-state index in [9.17, 15) is 14.7 Å². The van der Waals surface area contributed by atoms with Crippen LogP contribution in [0.4, 0.5) is 0 Å². The smallest absolute Gasteiger partial charge is 0.326 e. The summed E-state index contributed by atoms with van der Waals surface area (Å²) in [6, 6.07) is 7.37. The van der Waals surface area contributed by atoms with Crippen molar-refractivity contribution in [2.45, 2.75) is 26.0 Å². The Balaban J connectivity index is 1.64. The first kappa shape index (κ1) is 16.7. The van der Waals surface area contributed by atoms with Crippen LogP contribution >= 0.6 is 0 Å². The first-order chi connectivity index (χ1) is 11.3. The zero-order valence-corrected chi connectivity index (χ0v) is 14.2.